The molecule has 3 atom stereocenters. The van der Waals surface area contributed by atoms with Crippen molar-refractivity contribution < 1.29 is 14.1 Å². The topological polar surface area (TPSA) is 101 Å². The van der Waals surface area contributed by atoms with E-state index in [0.29, 0.717) is 42.5 Å². The molecule has 2 aromatic rings. The van der Waals surface area contributed by atoms with Crippen LogP contribution in [0.1, 0.15) is 96.3 Å². The standard InChI is InChI=1S/C23H33N5O3S/c1-13(2)20-26-22(31-27-20)16-11-17-18(12-16)28(10-8-6-5-7-9-24-21(17)29)23(30)19-14(3)25-15(4)32-19/h13,16-18H,5-12H2,1-4H3,(H,24,29)/t16-,17-,18+/m1/s1. The molecular formula is C23H33N5O3S. The lowest BCUT2D eigenvalue weighted by atomic mass is 10.00. The maximum Gasteiger partial charge on any atom is 0.266 e. The number of carbonyl (C=O) groups excluding carboxylic acids is 2. The van der Waals surface area contributed by atoms with Crippen molar-refractivity contribution in [1.82, 2.24) is 25.3 Å². The van der Waals surface area contributed by atoms with Gasteiger partial charge in [-0.05, 0) is 39.5 Å². The van der Waals surface area contributed by atoms with Crippen LogP contribution < -0.4 is 5.32 Å². The maximum absolute atomic E-state index is 13.7. The molecule has 2 aromatic heterocycles. The lowest BCUT2D eigenvalue weighted by Crippen LogP contribution is -2.47. The van der Waals surface area contributed by atoms with Gasteiger partial charge in [-0.25, -0.2) is 4.98 Å². The third kappa shape index (κ3) is 4.72. The number of hydrogen-bond acceptors (Lipinski definition) is 7. The van der Waals surface area contributed by atoms with E-state index in [9.17, 15) is 9.59 Å². The zero-order valence-electron chi connectivity index (χ0n) is 19.4. The summed E-state index contributed by atoms with van der Waals surface area (Å²) in [5.74, 6) is 1.14. The van der Waals surface area contributed by atoms with Crippen molar-refractivity contribution >= 4 is 23.2 Å². The first kappa shape index (κ1) is 22.9. The molecule has 3 heterocycles. The molecule has 1 saturated carbocycles. The first-order valence-electron chi connectivity index (χ1n) is 11.7. The molecule has 4 rings (SSSR count). The highest BCUT2D eigenvalue weighted by atomic mass is 32.1. The quantitative estimate of drug-likeness (QED) is 0.745. The van der Waals surface area contributed by atoms with Gasteiger partial charge in [0, 0.05) is 31.0 Å². The Bertz CT molecular complexity index is 969. The molecule has 1 N–H and O–H groups in total. The minimum Gasteiger partial charge on any atom is -0.356 e. The lowest BCUT2D eigenvalue weighted by molar-refractivity contribution is -0.126. The first-order chi connectivity index (χ1) is 15.3. The van der Waals surface area contributed by atoms with Crippen LogP contribution in [0.25, 0.3) is 0 Å². The van der Waals surface area contributed by atoms with Crippen molar-refractivity contribution in [1.29, 1.82) is 0 Å². The van der Waals surface area contributed by atoms with Crippen LogP contribution in [0.2, 0.25) is 0 Å². The Hall–Kier alpha value is -2.29. The van der Waals surface area contributed by atoms with Crippen LogP contribution in [0.4, 0.5) is 0 Å². The Kier molecular flexibility index (Phi) is 6.93. The number of fused-ring (bicyclic) bond motifs is 1. The first-order valence-corrected chi connectivity index (χ1v) is 12.5. The van der Waals surface area contributed by atoms with Crippen molar-refractivity contribution in [3.8, 4) is 0 Å². The fraction of sp³-hybridized carbons (Fsp3) is 0.696. The molecule has 1 aliphatic carbocycles. The number of rotatable bonds is 3. The zero-order valence-corrected chi connectivity index (χ0v) is 20.2. The second-order valence-electron chi connectivity index (χ2n) is 9.34. The summed E-state index contributed by atoms with van der Waals surface area (Å²) in [4.78, 5) is 38.5. The van der Waals surface area contributed by atoms with E-state index in [-0.39, 0.29) is 35.6 Å². The molecule has 32 heavy (non-hydrogen) atoms. The largest absolute Gasteiger partial charge is 0.356 e. The van der Waals surface area contributed by atoms with Crippen LogP contribution in [0.15, 0.2) is 4.52 Å². The molecular weight excluding hydrogens is 426 g/mol. The summed E-state index contributed by atoms with van der Waals surface area (Å²) in [5.41, 5.74) is 0.765. The summed E-state index contributed by atoms with van der Waals surface area (Å²) in [6.45, 7) is 9.20. The van der Waals surface area contributed by atoms with Gasteiger partial charge in [-0.2, -0.15) is 4.98 Å². The highest BCUT2D eigenvalue weighted by Gasteiger charge is 2.46. The van der Waals surface area contributed by atoms with Gasteiger partial charge in [-0.15, -0.1) is 11.3 Å². The van der Waals surface area contributed by atoms with E-state index >= 15 is 0 Å². The van der Waals surface area contributed by atoms with Crippen molar-refractivity contribution in [2.75, 3.05) is 13.1 Å². The molecule has 0 unspecified atom stereocenters. The smallest absolute Gasteiger partial charge is 0.266 e. The number of nitrogens with one attached hydrogen (secondary N) is 1. The highest BCUT2D eigenvalue weighted by Crippen LogP contribution is 2.42. The van der Waals surface area contributed by atoms with Crippen LogP contribution in [0.3, 0.4) is 0 Å². The summed E-state index contributed by atoms with van der Waals surface area (Å²) in [6, 6.07) is -0.193. The number of thiazole rings is 1. The van der Waals surface area contributed by atoms with Gasteiger partial charge in [0.05, 0.1) is 16.6 Å². The van der Waals surface area contributed by atoms with E-state index in [0.717, 1.165) is 36.4 Å². The average Bonchev–Trinajstić information content (AvgIpc) is 3.46. The molecule has 8 nitrogen and oxygen atoms in total. The summed E-state index contributed by atoms with van der Waals surface area (Å²) < 4.78 is 5.58. The maximum atomic E-state index is 13.7. The van der Waals surface area contributed by atoms with Gasteiger partial charge in [-0.1, -0.05) is 31.8 Å². The number of aryl methyl sites for hydroxylation is 2. The Morgan fingerprint density at radius 1 is 1.16 bits per heavy atom. The van der Waals surface area contributed by atoms with Gasteiger partial charge >= 0.3 is 0 Å². The summed E-state index contributed by atoms with van der Waals surface area (Å²) in [5, 5.41) is 8.11. The van der Waals surface area contributed by atoms with Gasteiger partial charge in [0.1, 0.15) is 4.88 Å². The molecule has 0 radical (unpaired) electrons. The fourth-order valence-electron chi connectivity index (χ4n) is 4.87. The molecule has 0 spiro atoms. The number of carbonyl (C=O) groups is 2. The van der Waals surface area contributed by atoms with E-state index in [1.165, 1.54) is 11.3 Å². The Morgan fingerprint density at radius 3 is 2.62 bits per heavy atom. The summed E-state index contributed by atoms with van der Waals surface area (Å²) >= 11 is 1.44. The third-order valence-corrected chi connectivity index (χ3v) is 7.63. The molecule has 2 amide bonds. The predicted molar refractivity (Wildman–Crippen MR) is 122 cm³/mol. The average molecular weight is 460 g/mol. The Labute approximate surface area is 193 Å². The molecule has 9 heteroatoms. The number of amides is 2. The lowest BCUT2D eigenvalue weighted by Gasteiger charge is -2.32. The summed E-state index contributed by atoms with van der Waals surface area (Å²) in [6.07, 6.45) is 5.26. The van der Waals surface area contributed by atoms with Crippen molar-refractivity contribution in [3.05, 3.63) is 27.3 Å². The van der Waals surface area contributed by atoms with Crippen molar-refractivity contribution in [3.63, 3.8) is 0 Å². The van der Waals surface area contributed by atoms with E-state index < -0.39 is 0 Å². The van der Waals surface area contributed by atoms with Gasteiger partial charge in [0.15, 0.2) is 5.82 Å². The monoisotopic (exact) mass is 459 g/mol. The van der Waals surface area contributed by atoms with Crippen LogP contribution >= 0.6 is 11.3 Å². The second-order valence-corrected chi connectivity index (χ2v) is 10.5. The van der Waals surface area contributed by atoms with Crippen LogP contribution in [0.5, 0.6) is 0 Å². The zero-order chi connectivity index (χ0) is 22.8. The van der Waals surface area contributed by atoms with E-state index in [2.05, 4.69) is 20.4 Å². The van der Waals surface area contributed by atoms with Gasteiger partial charge in [0.2, 0.25) is 11.8 Å². The number of nitrogens with zero attached hydrogens (tertiary/aromatic N) is 4. The van der Waals surface area contributed by atoms with E-state index in [4.69, 9.17) is 4.52 Å². The normalized spacial score (nSPS) is 24.8. The highest BCUT2D eigenvalue weighted by molar-refractivity contribution is 7.13. The third-order valence-electron chi connectivity index (χ3n) is 6.57. The predicted octanol–water partition coefficient (Wildman–Crippen LogP) is 3.96. The van der Waals surface area contributed by atoms with Gasteiger partial charge in [0.25, 0.3) is 5.91 Å². The van der Waals surface area contributed by atoms with E-state index in [1.54, 1.807) is 0 Å². The minimum absolute atomic E-state index is 0.0100. The molecule has 0 aromatic carbocycles. The molecule has 174 valence electrons. The molecule has 2 aliphatic rings. The van der Waals surface area contributed by atoms with Crippen LogP contribution in [-0.4, -0.2) is 51.0 Å². The minimum atomic E-state index is -0.286. The van der Waals surface area contributed by atoms with Crippen molar-refractivity contribution in [2.45, 2.75) is 84.1 Å². The second kappa shape index (κ2) is 9.68. The van der Waals surface area contributed by atoms with Gasteiger partial charge in [-0.3, -0.25) is 9.59 Å². The van der Waals surface area contributed by atoms with E-state index in [1.807, 2.05) is 32.6 Å². The summed E-state index contributed by atoms with van der Waals surface area (Å²) in [7, 11) is 0. The SMILES string of the molecule is Cc1nc(C)c(C(=O)N2CCCCCCNC(=O)[C@@H]3C[C@@H](c4nc(C(C)C)no4)C[C@@H]32)s1. The van der Waals surface area contributed by atoms with Crippen LogP contribution in [0, 0.1) is 19.8 Å². The number of hydrogen-bond donors (Lipinski definition) is 1. The number of aromatic nitrogens is 3. The fourth-order valence-corrected chi connectivity index (χ4v) is 5.75. The van der Waals surface area contributed by atoms with Crippen molar-refractivity contribution in [2.24, 2.45) is 5.92 Å². The molecule has 1 saturated heterocycles. The molecule has 0 bridgehead atoms. The molecule has 1 aliphatic heterocycles. The van der Waals surface area contributed by atoms with Crippen LogP contribution in [-0.2, 0) is 4.79 Å². The Morgan fingerprint density at radius 2 is 1.94 bits per heavy atom. The Balaban J connectivity index is 1.66. The molecule has 2 fully saturated rings. The van der Waals surface area contributed by atoms with Gasteiger partial charge < -0.3 is 14.7 Å².